The number of aryl methyl sites for hydroxylation is 1. The van der Waals surface area contributed by atoms with Crippen LogP contribution in [0.4, 0.5) is 4.39 Å². The number of benzene rings is 1. The molecule has 0 amide bonds. The van der Waals surface area contributed by atoms with E-state index in [2.05, 4.69) is 0 Å². The van der Waals surface area contributed by atoms with Crippen molar-refractivity contribution in [2.45, 2.75) is 16.6 Å². The van der Waals surface area contributed by atoms with Gasteiger partial charge in [0.15, 0.2) is 3.79 Å². The van der Waals surface area contributed by atoms with Gasteiger partial charge in [0.05, 0.1) is 0 Å². The first kappa shape index (κ1) is 11.1. The zero-order chi connectivity index (χ0) is 9.90. The van der Waals surface area contributed by atoms with Crippen LogP contribution in [-0.2, 0) is 6.42 Å². The van der Waals surface area contributed by atoms with Crippen molar-refractivity contribution < 1.29 is 4.39 Å². The summed E-state index contributed by atoms with van der Waals surface area (Å²) in [6.45, 7) is 0. The summed E-state index contributed by atoms with van der Waals surface area (Å²) in [6.07, 6.45) is 1.07. The Bertz CT molecular complexity index is 263. The van der Waals surface area contributed by atoms with Gasteiger partial charge in [0.25, 0.3) is 0 Å². The van der Waals surface area contributed by atoms with E-state index in [1.54, 1.807) is 12.1 Å². The average molecular weight is 242 g/mol. The number of hydrogen-bond acceptors (Lipinski definition) is 0. The maximum absolute atomic E-state index is 12.5. The standard InChI is InChI=1S/C9H8Cl3F/c10-9(11,12)6-5-7-1-3-8(13)4-2-7/h1-4H,5-6H2. The van der Waals surface area contributed by atoms with Crippen LogP contribution in [0.3, 0.4) is 0 Å². The zero-order valence-electron chi connectivity index (χ0n) is 6.74. The third-order valence-electron chi connectivity index (χ3n) is 1.61. The average Bonchev–Trinajstić information content (AvgIpc) is 2.02. The highest BCUT2D eigenvalue weighted by Crippen LogP contribution is 2.31. The minimum atomic E-state index is -1.23. The lowest BCUT2D eigenvalue weighted by Crippen LogP contribution is -2.03. The van der Waals surface area contributed by atoms with Crippen molar-refractivity contribution in [1.29, 1.82) is 0 Å². The Hall–Kier alpha value is 0.0200. The molecule has 0 aromatic heterocycles. The van der Waals surface area contributed by atoms with E-state index < -0.39 is 3.79 Å². The summed E-state index contributed by atoms with van der Waals surface area (Å²) in [4.78, 5) is 0. The SMILES string of the molecule is Fc1ccc(CCC(Cl)(Cl)Cl)cc1. The van der Waals surface area contributed by atoms with Crippen molar-refractivity contribution in [3.8, 4) is 0 Å². The number of hydrogen-bond donors (Lipinski definition) is 0. The lowest BCUT2D eigenvalue weighted by Gasteiger charge is -2.09. The molecule has 0 atom stereocenters. The number of rotatable bonds is 2. The van der Waals surface area contributed by atoms with Gasteiger partial charge in [0, 0.05) is 0 Å². The maximum atomic E-state index is 12.5. The predicted octanol–water partition coefficient (Wildman–Crippen LogP) is 4.13. The van der Waals surface area contributed by atoms with E-state index in [-0.39, 0.29) is 5.82 Å². The van der Waals surface area contributed by atoms with E-state index >= 15 is 0 Å². The number of alkyl halides is 3. The monoisotopic (exact) mass is 240 g/mol. The molecule has 0 fully saturated rings. The molecule has 0 nitrogen and oxygen atoms in total. The molecule has 1 aromatic rings. The van der Waals surface area contributed by atoms with Crippen molar-refractivity contribution in [3.05, 3.63) is 35.6 Å². The van der Waals surface area contributed by atoms with Gasteiger partial charge in [-0.2, -0.15) is 0 Å². The van der Waals surface area contributed by atoms with Gasteiger partial charge in [-0.25, -0.2) is 4.39 Å². The van der Waals surface area contributed by atoms with Gasteiger partial charge in [-0.3, -0.25) is 0 Å². The summed E-state index contributed by atoms with van der Waals surface area (Å²) < 4.78 is 11.3. The van der Waals surface area contributed by atoms with Crippen molar-refractivity contribution in [2.24, 2.45) is 0 Å². The summed E-state index contributed by atoms with van der Waals surface area (Å²) in [5.74, 6) is -0.252. The quantitative estimate of drug-likeness (QED) is 0.683. The van der Waals surface area contributed by atoms with Gasteiger partial charge >= 0.3 is 0 Å². The predicted molar refractivity (Wildman–Crippen MR) is 55.0 cm³/mol. The first-order valence-electron chi connectivity index (χ1n) is 3.78. The fraction of sp³-hybridized carbons (Fsp3) is 0.333. The zero-order valence-corrected chi connectivity index (χ0v) is 9.00. The van der Waals surface area contributed by atoms with Crippen LogP contribution >= 0.6 is 34.8 Å². The van der Waals surface area contributed by atoms with E-state index in [9.17, 15) is 4.39 Å². The van der Waals surface area contributed by atoms with Gasteiger partial charge in [0.2, 0.25) is 0 Å². The Morgan fingerprint density at radius 1 is 1.08 bits per heavy atom. The highest BCUT2D eigenvalue weighted by Gasteiger charge is 2.18. The maximum Gasteiger partial charge on any atom is 0.190 e. The molecule has 0 aliphatic heterocycles. The molecule has 1 rings (SSSR count). The summed E-state index contributed by atoms with van der Waals surface area (Å²) in [7, 11) is 0. The largest absolute Gasteiger partial charge is 0.207 e. The molecular weight excluding hydrogens is 233 g/mol. The van der Waals surface area contributed by atoms with Crippen LogP contribution < -0.4 is 0 Å². The van der Waals surface area contributed by atoms with Crippen molar-refractivity contribution in [1.82, 2.24) is 0 Å². The molecule has 4 heteroatoms. The Morgan fingerprint density at radius 2 is 1.62 bits per heavy atom. The minimum absolute atomic E-state index is 0.252. The molecule has 0 aliphatic rings. The molecule has 13 heavy (non-hydrogen) atoms. The molecular formula is C9H8Cl3F. The molecule has 0 aliphatic carbocycles. The van der Waals surface area contributed by atoms with Gasteiger partial charge in [-0.1, -0.05) is 46.9 Å². The van der Waals surface area contributed by atoms with E-state index in [1.807, 2.05) is 0 Å². The second kappa shape index (κ2) is 4.50. The van der Waals surface area contributed by atoms with Gasteiger partial charge in [-0.05, 0) is 30.5 Å². The molecule has 72 valence electrons. The first-order valence-corrected chi connectivity index (χ1v) is 4.92. The fourth-order valence-electron chi connectivity index (χ4n) is 0.937. The van der Waals surface area contributed by atoms with Crippen LogP contribution in [0.15, 0.2) is 24.3 Å². The Kier molecular flexibility index (Phi) is 3.84. The van der Waals surface area contributed by atoms with Gasteiger partial charge in [0.1, 0.15) is 5.82 Å². The molecule has 0 spiro atoms. The highest BCUT2D eigenvalue weighted by atomic mass is 35.6. The Balaban J connectivity index is 2.51. The normalized spacial score (nSPS) is 11.7. The summed E-state index contributed by atoms with van der Waals surface area (Å²) in [5, 5.41) is 0. The second-order valence-corrected chi connectivity index (χ2v) is 5.26. The van der Waals surface area contributed by atoms with Crippen LogP contribution in [0.2, 0.25) is 0 Å². The van der Waals surface area contributed by atoms with E-state index in [4.69, 9.17) is 34.8 Å². The molecule has 0 radical (unpaired) electrons. The van der Waals surface area contributed by atoms with Crippen LogP contribution in [-0.4, -0.2) is 3.79 Å². The van der Waals surface area contributed by atoms with Crippen molar-refractivity contribution in [2.75, 3.05) is 0 Å². The van der Waals surface area contributed by atoms with Crippen LogP contribution in [0.1, 0.15) is 12.0 Å². The van der Waals surface area contributed by atoms with E-state index in [1.165, 1.54) is 12.1 Å². The smallest absolute Gasteiger partial charge is 0.190 e. The van der Waals surface area contributed by atoms with Crippen molar-refractivity contribution in [3.63, 3.8) is 0 Å². The molecule has 0 saturated heterocycles. The minimum Gasteiger partial charge on any atom is -0.207 e. The topological polar surface area (TPSA) is 0 Å². The van der Waals surface area contributed by atoms with Crippen LogP contribution in [0.25, 0.3) is 0 Å². The van der Waals surface area contributed by atoms with Crippen molar-refractivity contribution >= 4 is 34.8 Å². The highest BCUT2D eigenvalue weighted by molar-refractivity contribution is 6.67. The van der Waals surface area contributed by atoms with Gasteiger partial charge < -0.3 is 0 Å². The molecule has 0 unspecified atom stereocenters. The van der Waals surface area contributed by atoms with E-state index in [0.29, 0.717) is 12.8 Å². The van der Waals surface area contributed by atoms with Crippen LogP contribution in [0, 0.1) is 5.82 Å². The fourth-order valence-corrected chi connectivity index (χ4v) is 1.22. The number of halogens is 4. The summed E-state index contributed by atoms with van der Waals surface area (Å²) in [6, 6.07) is 6.17. The second-order valence-electron chi connectivity index (χ2n) is 2.74. The lowest BCUT2D eigenvalue weighted by molar-refractivity contribution is 0.626. The lowest BCUT2D eigenvalue weighted by atomic mass is 10.1. The van der Waals surface area contributed by atoms with E-state index in [0.717, 1.165) is 5.56 Å². The Morgan fingerprint density at radius 3 is 2.08 bits per heavy atom. The van der Waals surface area contributed by atoms with Gasteiger partial charge in [-0.15, -0.1) is 0 Å². The third kappa shape index (κ3) is 4.70. The third-order valence-corrected chi connectivity index (χ3v) is 2.18. The summed E-state index contributed by atoms with van der Waals surface area (Å²) >= 11 is 16.7. The first-order chi connectivity index (χ1) is 5.97. The molecule has 1 aromatic carbocycles. The molecule has 0 saturated carbocycles. The summed E-state index contributed by atoms with van der Waals surface area (Å²) in [5.41, 5.74) is 0.965. The molecule has 0 bridgehead atoms. The Labute approximate surface area is 91.6 Å². The van der Waals surface area contributed by atoms with Crippen LogP contribution in [0.5, 0.6) is 0 Å². The molecule has 0 N–H and O–H groups in total. The molecule has 0 heterocycles.